The zero-order chi connectivity index (χ0) is 16.4. The predicted octanol–water partition coefficient (Wildman–Crippen LogP) is 0.383. The molecule has 1 amide bonds. The summed E-state index contributed by atoms with van der Waals surface area (Å²) >= 11 is 0. The molecule has 2 N–H and O–H groups in total. The van der Waals surface area contributed by atoms with Crippen molar-refractivity contribution in [2.24, 2.45) is 0 Å². The fourth-order valence-electron chi connectivity index (χ4n) is 2.70. The van der Waals surface area contributed by atoms with Crippen molar-refractivity contribution in [1.82, 2.24) is 9.88 Å². The van der Waals surface area contributed by atoms with E-state index in [1.165, 1.54) is 4.90 Å². The molecule has 2 aromatic rings. The minimum absolute atomic E-state index is 0.0326. The molecule has 0 spiro atoms. The molecule has 7 heteroatoms. The molecule has 1 unspecified atom stereocenters. The molecular weight excluding hydrogens is 300 g/mol. The Hall–Kier alpha value is -2.67. The van der Waals surface area contributed by atoms with Gasteiger partial charge in [-0.05, 0) is 17.5 Å². The summed E-state index contributed by atoms with van der Waals surface area (Å²) in [5.74, 6) is -1.49. The van der Waals surface area contributed by atoms with Crippen LogP contribution in [0.25, 0.3) is 10.9 Å². The number of amides is 1. The molecule has 0 radical (unpaired) electrons. The van der Waals surface area contributed by atoms with E-state index in [0.29, 0.717) is 17.7 Å². The first kappa shape index (κ1) is 15.2. The number of pyridine rings is 1. The average molecular weight is 316 g/mol. The zero-order valence-electron chi connectivity index (χ0n) is 12.3. The van der Waals surface area contributed by atoms with Gasteiger partial charge in [0.1, 0.15) is 0 Å². The van der Waals surface area contributed by atoms with Crippen molar-refractivity contribution in [1.29, 1.82) is 0 Å². The minimum atomic E-state index is -1.11. The fraction of sp³-hybridized carbons (Fsp3) is 0.312. The largest absolute Gasteiger partial charge is 0.480 e. The molecule has 7 nitrogen and oxygen atoms in total. The molecule has 2 heterocycles. The van der Waals surface area contributed by atoms with Crippen molar-refractivity contribution in [3.63, 3.8) is 0 Å². The second-order valence-corrected chi connectivity index (χ2v) is 5.40. The van der Waals surface area contributed by atoms with E-state index < -0.39 is 12.0 Å². The summed E-state index contributed by atoms with van der Waals surface area (Å²) in [5.41, 5.74) is 0.685. The number of aromatic nitrogens is 1. The number of para-hydroxylation sites is 1. The normalized spacial score (nSPS) is 18.1. The molecule has 0 saturated carbocycles. The Balaban J connectivity index is 1.86. The third-order valence-corrected chi connectivity index (χ3v) is 3.91. The Labute approximate surface area is 131 Å². The number of carbonyl (C=O) groups excluding carboxylic acids is 1. The van der Waals surface area contributed by atoms with Crippen molar-refractivity contribution in [2.45, 2.75) is 12.5 Å². The van der Waals surface area contributed by atoms with Gasteiger partial charge in [-0.3, -0.25) is 9.59 Å². The van der Waals surface area contributed by atoms with E-state index >= 15 is 0 Å². The van der Waals surface area contributed by atoms with Crippen LogP contribution < -0.4 is 5.56 Å². The number of aromatic amines is 1. The molecule has 1 atom stereocenters. The third kappa shape index (κ3) is 3.09. The van der Waals surface area contributed by atoms with Gasteiger partial charge in [0.2, 0.25) is 5.91 Å². The second-order valence-electron chi connectivity index (χ2n) is 5.40. The lowest BCUT2D eigenvalue weighted by Gasteiger charge is -2.32. The van der Waals surface area contributed by atoms with Crippen LogP contribution in [-0.2, 0) is 20.7 Å². The van der Waals surface area contributed by atoms with E-state index in [4.69, 9.17) is 4.74 Å². The van der Waals surface area contributed by atoms with Crippen LogP contribution in [0.3, 0.4) is 0 Å². The number of carboxylic acids is 1. The molecule has 0 aliphatic carbocycles. The summed E-state index contributed by atoms with van der Waals surface area (Å²) in [5, 5.41) is 10.0. The summed E-state index contributed by atoms with van der Waals surface area (Å²) in [6.45, 7) is 0.472. The quantitative estimate of drug-likeness (QED) is 0.853. The number of nitrogens with zero attached hydrogens (tertiary/aromatic N) is 1. The molecule has 1 aromatic carbocycles. The molecule has 1 aromatic heterocycles. The van der Waals surface area contributed by atoms with Crippen LogP contribution in [0.1, 0.15) is 5.56 Å². The molecule has 120 valence electrons. The third-order valence-electron chi connectivity index (χ3n) is 3.91. The molecule has 23 heavy (non-hydrogen) atoms. The maximum atomic E-state index is 12.4. The van der Waals surface area contributed by atoms with Gasteiger partial charge in [-0.1, -0.05) is 18.2 Å². The maximum Gasteiger partial charge on any atom is 0.328 e. The number of hydrogen-bond acceptors (Lipinski definition) is 4. The Bertz CT molecular complexity index is 813. The van der Waals surface area contributed by atoms with Crippen LogP contribution in [-0.4, -0.2) is 52.7 Å². The van der Waals surface area contributed by atoms with Crippen molar-refractivity contribution in [3.05, 3.63) is 46.2 Å². The summed E-state index contributed by atoms with van der Waals surface area (Å²) < 4.78 is 5.11. The highest BCUT2D eigenvalue weighted by Gasteiger charge is 2.32. The number of morpholine rings is 1. The lowest BCUT2D eigenvalue weighted by Crippen LogP contribution is -2.53. The fourth-order valence-corrected chi connectivity index (χ4v) is 2.70. The highest BCUT2D eigenvalue weighted by molar-refractivity contribution is 5.86. The predicted molar refractivity (Wildman–Crippen MR) is 82.2 cm³/mol. The van der Waals surface area contributed by atoms with E-state index in [0.717, 1.165) is 5.39 Å². The number of carboxylic acid groups (broad SMARTS) is 1. The number of benzene rings is 1. The Morgan fingerprint density at radius 2 is 2.13 bits per heavy atom. The number of ether oxygens (including phenoxy) is 1. The monoisotopic (exact) mass is 316 g/mol. The zero-order valence-corrected chi connectivity index (χ0v) is 12.3. The molecular formula is C16H16N2O5. The summed E-state index contributed by atoms with van der Waals surface area (Å²) in [4.78, 5) is 39.7. The van der Waals surface area contributed by atoms with E-state index in [-0.39, 0.29) is 31.0 Å². The van der Waals surface area contributed by atoms with Crippen molar-refractivity contribution in [3.8, 4) is 0 Å². The van der Waals surface area contributed by atoms with Crippen molar-refractivity contribution < 1.29 is 19.4 Å². The lowest BCUT2D eigenvalue weighted by atomic mass is 10.1. The topological polar surface area (TPSA) is 99.7 Å². The number of hydrogen-bond donors (Lipinski definition) is 2. The summed E-state index contributed by atoms with van der Waals surface area (Å²) in [6, 6.07) is 7.94. The van der Waals surface area contributed by atoms with Gasteiger partial charge in [0.25, 0.3) is 5.56 Å². The van der Waals surface area contributed by atoms with Gasteiger partial charge in [0.05, 0.1) is 19.6 Å². The minimum Gasteiger partial charge on any atom is -0.480 e. The van der Waals surface area contributed by atoms with E-state index in [1.807, 2.05) is 18.2 Å². The van der Waals surface area contributed by atoms with Crippen molar-refractivity contribution >= 4 is 22.8 Å². The van der Waals surface area contributed by atoms with E-state index in [2.05, 4.69) is 4.98 Å². The number of fused-ring (bicyclic) bond motifs is 1. The summed E-state index contributed by atoms with van der Waals surface area (Å²) in [7, 11) is 0. The van der Waals surface area contributed by atoms with Crippen LogP contribution in [0.4, 0.5) is 0 Å². The first-order valence-electron chi connectivity index (χ1n) is 7.27. The van der Waals surface area contributed by atoms with Crippen LogP contribution in [0.2, 0.25) is 0 Å². The van der Waals surface area contributed by atoms with Crippen LogP contribution in [0.15, 0.2) is 35.1 Å². The van der Waals surface area contributed by atoms with Gasteiger partial charge in [-0.25, -0.2) is 4.79 Å². The van der Waals surface area contributed by atoms with Crippen molar-refractivity contribution in [2.75, 3.05) is 19.8 Å². The lowest BCUT2D eigenvalue weighted by molar-refractivity contribution is -0.158. The van der Waals surface area contributed by atoms with Gasteiger partial charge in [0, 0.05) is 17.6 Å². The Morgan fingerprint density at radius 1 is 1.35 bits per heavy atom. The molecule has 1 aliphatic rings. The van der Waals surface area contributed by atoms with Crippen LogP contribution in [0, 0.1) is 0 Å². The van der Waals surface area contributed by atoms with Gasteiger partial charge in [0.15, 0.2) is 6.04 Å². The van der Waals surface area contributed by atoms with Crippen LogP contribution in [0.5, 0.6) is 0 Å². The molecule has 1 aliphatic heterocycles. The second kappa shape index (κ2) is 6.21. The standard InChI is InChI=1S/C16H16N2O5/c19-14(18-5-6-23-9-13(18)16(21)22)8-11-7-10-3-1-2-4-12(10)17-15(11)20/h1-4,7,13H,5-6,8-9H2,(H,17,20)(H,21,22). The first-order valence-corrected chi connectivity index (χ1v) is 7.27. The highest BCUT2D eigenvalue weighted by Crippen LogP contribution is 2.13. The van der Waals surface area contributed by atoms with Gasteiger partial charge in [-0.15, -0.1) is 0 Å². The molecule has 0 bridgehead atoms. The average Bonchev–Trinajstić information content (AvgIpc) is 2.55. The van der Waals surface area contributed by atoms with E-state index in [9.17, 15) is 19.5 Å². The number of carbonyl (C=O) groups is 2. The Morgan fingerprint density at radius 3 is 2.91 bits per heavy atom. The van der Waals surface area contributed by atoms with Crippen LogP contribution >= 0.6 is 0 Å². The molecule has 1 saturated heterocycles. The number of nitrogens with one attached hydrogen (secondary N) is 1. The SMILES string of the molecule is O=C(O)C1COCCN1C(=O)Cc1cc2ccccc2[nH]c1=O. The summed E-state index contributed by atoms with van der Waals surface area (Å²) in [6.07, 6.45) is -0.135. The molecule has 3 rings (SSSR count). The number of H-pyrrole nitrogens is 1. The van der Waals surface area contributed by atoms with Gasteiger partial charge < -0.3 is 19.7 Å². The smallest absolute Gasteiger partial charge is 0.328 e. The number of aliphatic carboxylic acids is 1. The van der Waals surface area contributed by atoms with E-state index in [1.54, 1.807) is 12.1 Å². The maximum absolute atomic E-state index is 12.4. The Kier molecular flexibility index (Phi) is 4.12. The van der Waals surface area contributed by atoms with Gasteiger partial charge in [-0.2, -0.15) is 0 Å². The first-order chi connectivity index (χ1) is 11.1. The highest BCUT2D eigenvalue weighted by atomic mass is 16.5. The van der Waals surface area contributed by atoms with Gasteiger partial charge >= 0.3 is 5.97 Å². The molecule has 1 fully saturated rings. The number of rotatable bonds is 3.